The van der Waals surface area contributed by atoms with Gasteiger partial charge in [-0.25, -0.2) is 0 Å². The maximum atomic E-state index is 4.04. The molecule has 0 unspecified atom stereocenters. The molecule has 0 aromatic heterocycles. The number of allylic oxidation sites excluding steroid dienone is 1. The van der Waals surface area contributed by atoms with Gasteiger partial charge in [-0.2, -0.15) is 10.2 Å². The second-order valence-electron chi connectivity index (χ2n) is 2.74. The third-order valence-corrected chi connectivity index (χ3v) is 1.73. The van der Waals surface area contributed by atoms with Crippen LogP contribution >= 0.6 is 0 Å². The Balaban J connectivity index is 2.29. The molecular formula is C10H9N2. The monoisotopic (exact) mass is 157 g/mol. The van der Waals surface area contributed by atoms with Gasteiger partial charge < -0.3 is 0 Å². The van der Waals surface area contributed by atoms with E-state index in [1.807, 2.05) is 43.3 Å². The van der Waals surface area contributed by atoms with E-state index in [-0.39, 0.29) is 0 Å². The van der Waals surface area contributed by atoms with Crippen molar-refractivity contribution in [1.82, 2.24) is 0 Å². The summed E-state index contributed by atoms with van der Waals surface area (Å²) in [6.45, 7) is 1.94. The van der Waals surface area contributed by atoms with Gasteiger partial charge in [-0.05, 0) is 18.6 Å². The molecule has 0 N–H and O–H groups in total. The van der Waals surface area contributed by atoms with E-state index in [9.17, 15) is 0 Å². The number of azo groups is 1. The summed E-state index contributed by atoms with van der Waals surface area (Å²) in [6.07, 6.45) is 1.98. The van der Waals surface area contributed by atoms with Crippen LogP contribution in [0, 0.1) is 6.04 Å². The Bertz CT molecular complexity index is 325. The van der Waals surface area contributed by atoms with E-state index in [2.05, 4.69) is 10.2 Å². The largest absolute Gasteiger partial charge is 0.170 e. The van der Waals surface area contributed by atoms with Crippen LogP contribution in [-0.2, 0) is 0 Å². The molecule has 0 fully saturated rings. The zero-order chi connectivity index (χ0) is 8.39. The molecule has 0 amide bonds. The van der Waals surface area contributed by atoms with Crippen LogP contribution in [0.1, 0.15) is 12.5 Å². The van der Waals surface area contributed by atoms with Crippen LogP contribution in [-0.4, -0.2) is 0 Å². The Kier molecular flexibility index (Phi) is 1.74. The highest BCUT2D eigenvalue weighted by molar-refractivity contribution is 5.38. The minimum Gasteiger partial charge on any atom is -0.170 e. The quantitative estimate of drug-likeness (QED) is 0.598. The molecule has 1 heterocycles. The molecule has 2 rings (SSSR count). The van der Waals surface area contributed by atoms with E-state index < -0.39 is 0 Å². The summed E-state index contributed by atoms with van der Waals surface area (Å²) < 4.78 is 0. The van der Waals surface area contributed by atoms with Gasteiger partial charge in [0.25, 0.3) is 0 Å². The SMILES string of the molecule is CC1=C[C](c2ccccc2)N=N1. The van der Waals surface area contributed by atoms with Crippen molar-refractivity contribution in [3.8, 4) is 0 Å². The van der Waals surface area contributed by atoms with Crippen molar-refractivity contribution >= 4 is 0 Å². The first-order valence-electron chi connectivity index (χ1n) is 3.89. The smallest absolute Gasteiger partial charge is 0.162 e. The lowest BCUT2D eigenvalue weighted by Gasteiger charge is -1.99. The predicted molar refractivity (Wildman–Crippen MR) is 47.4 cm³/mol. The molecular weight excluding hydrogens is 148 g/mol. The summed E-state index contributed by atoms with van der Waals surface area (Å²) >= 11 is 0. The van der Waals surface area contributed by atoms with Crippen molar-refractivity contribution in [2.75, 3.05) is 0 Å². The number of nitrogens with zero attached hydrogens (tertiary/aromatic N) is 2. The summed E-state index contributed by atoms with van der Waals surface area (Å²) in [6, 6.07) is 11.0. The lowest BCUT2D eigenvalue weighted by molar-refractivity contribution is 1.09. The topological polar surface area (TPSA) is 24.7 Å². The Morgan fingerprint density at radius 2 is 1.75 bits per heavy atom. The summed E-state index contributed by atoms with van der Waals surface area (Å²) in [5, 5.41) is 7.98. The van der Waals surface area contributed by atoms with E-state index in [1.165, 1.54) is 0 Å². The van der Waals surface area contributed by atoms with E-state index in [1.54, 1.807) is 0 Å². The summed E-state index contributed by atoms with van der Waals surface area (Å²) in [7, 11) is 0. The van der Waals surface area contributed by atoms with Gasteiger partial charge in [0, 0.05) is 0 Å². The fraction of sp³-hybridized carbons (Fsp3) is 0.100. The highest BCUT2D eigenvalue weighted by Crippen LogP contribution is 2.25. The summed E-state index contributed by atoms with van der Waals surface area (Å²) in [4.78, 5) is 0. The van der Waals surface area contributed by atoms with Crippen LogP contribution in [0.25, 0.3) is 0 Å². The summed E-state index contributed by atoms with van der Waals surface area (Å²) in [5.41, 5.74) is 2.09. The number of hydrogen-bond donors (Lipinski definition) is 0. The Morgan fingerprint density at radius 3 is 2.33 bits per heavy atom. The maximum Gasteiger partial charge on any atom is 0.162 e. The number of rotatable bonds is 1. The van der Waals surface area contributed by atoms with Crippen molar-refractivity contribution in [3.05, 3.63) is 53.7 Å². The lowest BCUT2D eigenvalue weighted by atomic mass is 10.1. The molecule has 1 aliphatic heterocycles. The van der Waals surface area contributed by atoms with Crippen LogP contribution in [0.4, 0.5) is 0 Å². The predicted octanol–water partition coefficient (Wildman–Crippen LogP) is 2.94. The molecule has 0 saturated carbocycles. The first-order valence-corrected chi connectivity index (χ1v) is 3.89. The van der Waals surface area contributed by atoms with Crippen molar-refractivity contribution in [1.29, 1.82) is 0 Å². The van der Waals surface area contributed by atoms with Crippen molar-refractivity contribution in [2.45, 2.75) is 6.92 Å². The first-order chi connectivity index (χ1) is 5.86. The van der Waals surface area contributed by atoms with Gasteiger partial charge in [-0.1, -0.05) is 30.3 Å². The minimum atomic E-state index is 0.952. The normalized spacial score (nSPS) is 16.6. The van der Waals surface area contributed by atoms with E-state index >= 15 is 0 Å². The molecule has 1 aliphatic rings. The molecule has 0 saturated heterocycles. The minimum absolute atomic E-state index is 0.952. The van der Waals surface area contributed by atoms with Gasteiger partial charge in [0.1, 0.15) is 0 Å². The molecule has 0 atom stereocenters. The fourth-order valence-corrected chi connectivity index (χ4v) is 1.14. The molecule has 0 spiro atoms. The highest BCUT2D eigenvalue weighted by Gasteiger charge is 2.12. The standard InChI is InChI=1S/C10H9N2/c1-8-7-10(12-11-8)9-5-3-2-4-6-9/h2-7H,1H3. The van der Waals surface area contributed by atoms with Crippen molar-refractivity contribution in [2.24, 2.45) is 10.2 Å². The molecule has 0 bridgehead atoms. The second kappa shape index (κ2) is 2.89. The Hall–Kier alpha value is -1.44. The van der Waals surface area contributed by atoms with Crippen molar-refractivity contribution in [3.63, 3.8) is 0 Å². The molecule has 59 valence electrons. The molecule has 12 heavy (non-hydrogen) atoms. The van der Waals surface area contributed by atoms with Crippen LogP contribution in [0.5, 0.6) is 0 Å². The molecule has 2 nitrogen and oxygen atoms in total. The highest BCUT2D eigenvalue weighted by atomic mass is 15.1. The summed E-state index contributed by atoms with van der Waals surface area (Å²) in [5.74, 6) is 0. The number of benzene rings is 1. The Labute approximate surface area is 71.6 Å². The molecule has 0 aliphatic carbocycles. The lowest BCUT2D eigenvalue weighted by Crippen LogP contribution is -1.87. The molecule has 2 heteroatoms. The van der Waals surface area contributed by atoms with Gasteiger partial charge in [-0.15, -0.1) is 0 Å². The van der Waals surface area contributed by atoms with E-state index in [0.29, 0.717) is 0 Å². The average Bonchev–Trinajstić information content (AvgIpc) is 2.54. The van der Waals surface area contributed by atoms with Crippen molar-refractivity contribution < 1.29 is 0 Å². The average molecular weight is 157 g/mol. The van der Waals surface area contributed by atoms with Gasteiger partial charge in [0.15, 0.2) is 6.04 Å². The zero-order valence-electron chi connectivity index (χ0n) is 6.86. The fourth-order valence-electron chi connectivity index (χ4n) is 1.14. The van der Waals surface area contributed by atoms with E-state index in [4.69, 9.17) is 0 Å². The third-order valence-electron chi connectivity index (χ3n) is 1.73. The van der Waals surface area contributed by atoms with Crippen LogP contribution in [0.3, 0.4) is 0 Å². The second-order valence-corrected chi connectivity index (χ2v) is 2.74. The molecule has 1 aromatic rings. The van der Waals surface area contributed by atoms with Gasteiger partial charge >= 0.3 is 0 Å². The van der Waals surface area contributed by atoms with E-state index in [0.717, 1.165) is 17.3 Å². The number of hydrogen-bond acceptors (Lipinski definition) is 2. The van der Waals surface area contributed by atoms with Crippen LogP contribution in [0.2, 0.25) is 0 Å². The van der Waals surface area contributed by atoms with Crippen LogP contribution < -0.4 is 0 Å². The third kappa shape index (κ3) is 1.28. The van der Waals surface area contributed by atoms with Crippen LogP contribution in [0.15, 0.2) is 52.3 Å². The molecule has 1 aromatic carbocycles. The van der Waals surface area contributed by atoms with Gasteiger partial charge in [0.2, 0.25) is 0 Å². The Morgan fingerprint density at radius 1 is 1.00 bits per heavy atom. The van der Waals surface area contributed by atoms with Gasteiger partial charge in [-0.3, -0.25) is 0 Å². The maximum absolute atomic E-state index is 4.04. The molecule has 1 radical (unpaired) electrons. The van der Waals surface area contributed by atoms with Gasteiger partial charge in [0.05, 0.1) is 5.70 Å². The first kappa shape index (κ1) is 7.22. The zero-order valence-corrected chi connectivity index (χ0v) is 6.86.